The van der Waals surface area contributed by atoms with E-state index in [2.05, 4.69) is 26.1 Å². The first-order chi connectivity index (χ1) is 5.77. The molecule has 0 aromatic carbocycles. The standard InChI is InChI=1S/C11H23N/c1-4-10-6-7-11(12-5-2)9(3)8-10/h9-12H,4-8H2,1-3H3. The fraction of sp³-hybridized carbons (Fsp3) is 1.00. The Morgan fingerprint density at radius 1 is 1.25 bits per heavy atom. The van der Waals surface area contributed by atoms with E-state index in [0.29, 0.717) is 0 Å². The molecule has 1 fully saturated rings. The molecule has 1 saturated carbocycles. The summed E-state index contributed by atoms with van der Waals surface area (Å²) < 4.78 is 0. The van der Waals surface area contributed by atoms with Crippen LogP contribution in [-0.4, -0.2) is 12.6 Å². The van der Waals surface area contributed by atoms with Gasteiger partial charge in [-0.2, -0.15) is 0 Å². The van der Waals surface area contributed by atoms with Crippen LogP contribution in [0.25, 0.3) is 0 Å². The highest BCUT2D eigenvalue weighted by molar-refractivity contribution is 4.81. The summed E-state index contributed by atoms with van der Waals surface area (Å²) in [5.74, 6) is 1.90. The molecule has 12 heavy (non-hydrogen) atoms. The van der Waals surface area contributed by atoms with Gasteiger partial charge in [-0.25, -0.2) is 0 Å². The molecular formula is C11H23N. The average Bonchev–Trinajstić information content (AvgIpc) is 2.09. The molecule has 0 aromatic rings. The monoisotopic (exact) mass is 169 g/mol. The fourth-order valence-corrected chi connectivity index (χ4v) is 2.44. The van der Waals surface area contributed by atoms with E-state index in [0.717, 1.165) is 24.4 Å². The second-order valence-corrected chi connectivity index (χ2v) is 4.23. The summed E-state index contributed by atoms with van der Waals surface area (Å²) in [5, 5.41) is 3.58. The third-order valence-corrected chi connectivity index (χ3v) is 3.32. The Labute approximate surface area is 76.9 Å². The second kappa shape index (κ2) is 4.86. The van der Waals surface area contributed by atoms with E-state index in [1.54, 1.807) is 0 Å². The topological polar surface area (TPSA) is 12.0 Å². The molecule has 1 heteroatoms. The van der Waals surface area contributed by atoms with Crippen LogP contribution >= 0.6 is 0 Å². The Balaban J connectivity index is 2.31. The average molecular weight is 169 g/mol. The molecule has 0 aromatic heterocycles. The van der Waals surface area contributed by atoms with Crippen molar-refractivity contribution < 1.29 is 0 Å². The van der Waals surface area contributed by atoms with Gasteiger partial charge in [0.2, 0.25) is 0 Å². The van der Waals surface area contributed by atoms with Crippen LogP contribution < -0.4 is 5.32 Å². The maximum atomic E-state index is 3.58. The predicted molar refractivity (Wildman–Crippen MR) is 54.3 cm³/mol. The third-order valence-electron chi connectivity index (χ3n) is 3.32. The van der Waals surface area contributed by atoms with Crippen LogP contribution in [0.3, 0.4) is 0 Å². The van der Waals surface area contributed by atoms with Gasteiger partial charge >= 0.3 is 0 Å². The van der Waals surface area contributed by atoms with Crippen LogP contribution in [0, 0.1) is 11.8 Å². The van der Waals surface area contributed by atoms with Crippen molar-refractivity contribution in [2.45, 2.75) is 52.5 Å². The van der Waals surface area contributed by atoms with Crippen molar-refractivity contribution in [2.75, 3.05) is 6.54 Å². The van der Waals surface area contributed by atoms with Gasteiger partial charge in [0.05, 0.1) is 0 Å². The van der Waals surface area contributed by atoms with Crippen LogP contribution in [0.15, 0.2) is 0 Å². The lowest BCUT2D eigenvalue weighted by Gasteiger charge is -2.34. The van der Waals surface area contributed by atoms with E-state index >= 15 is 0 Å². The second-order valence-electron chi connectivity index (χ2n) is 4.23. The highest BCUT2D eigenvalue weighted by Crippen LogP contribution is 2.30. The van der Waals surface area contributed by atoms with Gasteiger partial charge in [0.25, 0.3) is 0 Å². The summed E-state index contributed by atoms with van der Waals surface area (Å²) in [6.45, 7) is 8.06. The first-order valence-corrected chi connectivity index (χ1v) is 5.51. The molecule has 0 saturated heterocycles. The van der Waals surface area contributed by atoms with Crippen molar-refractivity contribution in [3.05, 3.63) is 0 Å². The zero-order valence-corrected chi connectivity index (χ0v) is 8.77. The molecule has 0 bridgehead atoms. The van der Waals surface area contributed by atoms with Gasteiger partial charge < -0.3 is 5.32 Å². The minimum Gasteiger partial charge on any atom is -0.314 e. The molecule has 1 nitrogen and oxygen atoms in total. The van der Waals surface area contributed by atoms with Crippen LogP contribution in [0.4, 0.5) is 0 Å². The van der Waals surface area contributed by atoms with Crippen molar-refractivity contribution in [3.63, 3.8) is 0 Å². The molecule has 1 N–H and O–H groups in total. The van der Waals surface area contributed by atoms with Gasteiger partial charge in [-0.1, -0.05) is 27.2 Å². The third kappa shape index (κ3) is 2.48. The quantitative estimate of drug-likeness (QED) is 0.685. The van der Waals surface area contributed by atoms with E-state index in [4.69, 9.17) is 0 Å². The minimum absolute atomic E-state index is 0.804. The first-order valence-electron chi connectivity index (χ1n) is 5.51. The van der Waals surface area contributed by atoms with Crippen LogP contribution in [0.1, 0.15) is 46.5 Å². The van der Waals surface area contributed by atoms with E-state index < -0.39 is 0 Å². The summed E-state index contributed by atoms with van der Waals surface area (Å²) in [6.07, 6.45) is 5.66. The molecule has 72 valence electrons. The highest BCUT2D eigenvalue weighted by Gasteiger charge is 2.25. The van der Waals surface area contributed by atoms with Crippen molar-refractivity contribution in [1.29, 1.82) is 0 Å². The minimum atomic E-state index is 0.804. The Morgan fingerprint density at radius 2 is 2.00 bits per heavy atom. The molecule has 0 radical (unpaired) electrons. The van der Waals surface area contributed by atoms with Crippen molar-refractivity contribution in [1.82, 2.24) is 5.32 Å². The molecule has 3 unspecified atom stereocenters. The molecule has 0 heterocycles. The predicted octanol–water partition coefficient (Wildman–Crippen LogP) is 2.81. The summed E-state index contributed by atoms with van der Waals surface area (Å²) >= 11 is 0. The van der Waals surface area contributed by atoms with E-state index in [1.165, 1.54) is 25.7 Å². The van der Waals surface area contributed by atoms with Crippen LogP contribution in [0.2, 0.25) is 0 Å². The summed E-state index contributed by atoms with van der Waals surface area (Å²) in [6, 6.07) is 0.804. The number of nitrogens with one attached hydrogen (secondary N) is 1. The zero-order valence-electron chi connectivity index (χ0n) is 8.77. The van der Waals surface area contributed by atoms with Crippen molar-refractivity contribution in [3.8, 4) is 0 Å². The lowest BCUT2D eigenvalue weighted by Crippen LogP contribution is -2.39. The fourth-order valence-electron chi connectivity index (χ4n) is 2.44. The first kappa shape index (κ1) is 10.0. The van der Waals surface area contributed by atoms with E-state index in [-0.39, 0.29) is 0 Å². The van der Waals surface area contributed by atoms with E-state index in [1.807, 2.05) is 0 Å². The Bertz CT molecular complexity index is 122. The highest BCUT2D eigenvalue weighted by atomic mass is 14.9. The summed E-state index contributed by atoms with van der Waals surface area (Å²) in [5.41, 5.74) is 0. The molecule has 0 aliphatic heterocycles. The van der Waals surface area contributed by atoms with Crippen molar-refractivity contribution in [2.24, 2.45) is 11.8 Å². The molecule has 0 amide bonds. The smallest absolute Gasteiger partial charge is 0.00927 e. The van der Waals surface area contributed by atoms with E-state index in [9.17, 15) is 0 Å². The van der Waals surface area contributed by atoms with Crippen LogP contribution in [0.5, 0.6) is 0 Å². The molecule has 1 aliphatic carbocycles. The molecule has 1 rings (SSSR count). The zero-order chi connectivity index (χ0) is 8.97. The molecule has 1 aliphatic rings. The summed E-state index contributed by atoms with van der Waals surface area (Å²) in [4.78, 5) is 0. The molecule has 3 atom stereocenters. The van der Waals surface area contributed by atoms with Crippen LogP contribution in [-0.2, 0) is 0 Å². The van der Waals surface area contributed by atoms with Gasteiger partial charge in [0.1, 0.15) is 0 Å². The van der Waals surface area contributed by atoms with Gasteiger partial charge in [-0.15, -0.1) is 0 Å². The van der Waals surface area contributed by atoms with Gasteiger partial charge in [-0.05, 0) is 37.6 Å². The SMILES string of the molecule is CCNC1CCC(CC)CC1C. The lowest BCUT2D eigenvalue weighted by molar-refractivity contribution is 0.215. The summed E-state index contributed by atoms with van der Waals surface area (Å²) in [7, 11) is 0. The maximum absolute atomic E-state index is 3.58. The van der Waals surface area contributed by atoms with Gasteiger partial charge in [0.15, 0.2) is 0 Å². The largest absolute Gasteiger partial charge is 0.314 e. The maximum Gasteiger partial charge on any atom is 0.00927 e. The van der Waals surface area contributed by atoms with Gasteiger partial charge in [0, 0.05) is 6.04 Å². The van der Waals surface area contributed by atoms with Crippen molar-refractivity contribution >= 4 is 0 Å². The number of rotatable bonds is 3. The lowest BCUT2D eigenvalue weighted by atomic mass is 9.78. The Kier molecular flexibility index (Phi) is 4.07. The Hall–Kier alpha value is -0.0400. The molecule has 0 spiro atoms. The number of hydrogen-bond acceptors (Lipinski definition) is 1. The Morgan fingerprint density at radius 3 is 2.50 bits per heavy atom. The molecular weight excluding hydrogens is 146 g/mol. The normalized spacial score (nSPS) is 36.8. The van der Waals surface area contributed by atoms with Gasteiger partial charge in [-0.3, -0.25) is 0 Å². The number of hydrogen-bond donors (Lipinski definition) is 1.